The van der Waals surface area contributed by atoms with Gasteiger partial charge in [0.15, 0.2) is 0 Å². The fourth-order valence-corrected chi connectivity index (χ4v) is 1.60. The van der Waals surface area contributed by atoms with Crippen LogP contribution in [0.1, 0.15) is 12.5 Å². The Morgan fingerprint density at radius 1 is 1.53 bits per heavy atom. The number of nitrogens with one attached hydrogen (secondary N) is 1. The average Bonchev–Trinajstić information content (AvgIpc) is 2.32. The van der Waals surface area contributed by atoms with E-state index in [1.54, 1.807) is 12.1 Å². The molecule has 0 fully saturated rings. The van der Waals surface area contributed by atoms with Gasteiger partial charge < -0.3 is 10.1 Å². The van der Waals surface area contributed by atoms with Crippen LogP contribution in [0.3, 0.4) is 0 Å². The minimum atomic E-state index is -0.609. The van der Waals surface area contributed by atoms with E-state index >= 15 is 0 Å². The van der Waals surface area contributed by atoms with Crippen molar-refractivity contribution in [1.29, 1.82) is 0 Å². The van der Waals surface area contributed by atoms with E-state index in [4.69, 9.17) is 16.3 Å². The third-order valence-electron chi connectivity index (χ3n) is 2.12. The van der Waals surface area contributed by atoms with E-state index < -0.39 is 5.91 Å². The molecule has 0 unspecified atom stereocenters. The smallest absolute Gasteiger partial charge is 0.284 e. The van der Waals surface area contributed by atoms with Crippen LogP contribution in [0, 0.1) is 0 Å². The highest BCUT2D eigenvalue weighted by atomic mass is 35.5. The monoisotopic (exact) mass is 255 g/mol. The van der Waals surface area contributed by atoms with Crippen LogP contribution in [0.15, 0.2) is 18.2 Å². The molecule has 5 heteroatoms. The first-order valence-electron chi connectivity index (χ1n) is 5.31. The second-order valence-electron chi connectivity index (χ2n) is 3.36. The van der Waals surface area contributed by atoms with Gasteiger partial charge in [-0.15, -0.1) is 0 Å². The molecule has 0 saturated heterocycles. The maximum atomic E-state index is 10.7. The van der Waals surface area contributed by atoms with Crippen LogP contribution >= 0.6 is 11.6 Å². The molecule has 1 N–H and O–H groups in total. The van der Waals surface area contributed by atoms with E-state index in [0.29, 0.717) is 30.3 Å². The topological polar surface area (TPSA) is 55.4 Å². The van der Waals surface area contributed by atoms with Gasteiger partial charge in [-0.3, -0.25) is 9.59 Å². The minimum Gasteiger partial charge on any atom is -0.492 e. The lowest BCUT2D eigenvalue weighted by atomic mass is 10.1. The molecule has 0 atom stereocenters. The second-order valence-corrected chi connectivity index (χ2v) is 3.76. The predicted octanol–water partition coefficient (Wildman–Crippen LogP) is 1.60. The summed E-state index contributed by atoms with van der Waals surface area (Å²) in [4.78, 5) is 20.8. The molecule has 0 bridgehead atoms. The molecule has 0 aliphatic carbocycles. The summed E-state index contributed by atoms with van der Waals surface area (Å²) in [7, 11) is 0. The highest BCUT2D eigenvalue weighted by molar-refractivity contribution is 6.32. The first kappa shape index (κ1) is 13.5. The van der Waals surface area contributed by atoms with Gasteiger partial charge in [-0.2, -0.15) is 0 Å². The zero-order valence-electron chi connectivity index (χ0n) is 9.53. The summed E-state index contributed by atoms with van der Waals surface area (Å²) in [5.74, 6) is 0.0388. The molecule has 1 amide bonds. The van der Waals surface area contributed by atoms with E-state index in [0.717, 1.165) is 5.56 Å². The lowest BCUT2D eigenvalue weighted by molar-refractivity contribution is -0.131. The Balaban J connectivity index is 2.52. The van der Waals surface area contributed by atoms with Crippen molar-refractivity contribution in [3.05, 3.63) is 28.8 Å². The maximum absolute atomic E-state index is 10.7. The van der Waals surface area contributed by atoms with Crippen molar-refractivity contribution >= 4 is 23.8 Å². The third-order valence-corrected chi connectivity index (χ3v) is 2.41. The molecule has 0 heterocycles. The summed E-state index contributed by atoms with van der Waals surface area (Å²) >= 11 is 6.01. The number of carbonyl (C=O) groups is 2. The first-order valence-corrected chi connectivity index (χ1v) is 5.69. The molecule has 17 heavy (non-hydrogen) atoms. The SMILES string of the molecule is CCOc1ccc(CCNC(=O)C=O)cc1Cl. The van der Waals surface area contributed by atoms with Crippen LogP contribution in [-0.4, -0.2) is 25.3 Å². The molecule has 1 rings (SSSR count). The number of aldehydes is 1. The van der Waals surface area contributed by atoms with Gasteiger partial charge in [-0.1, -0.05) is 17.7 Å². The highest BCUT2D eigenvalue weighted by Crippen LogP contribution is 2.25. The maximum Gasteiger partial charge on any atom is 0.284 e. The van der Waals surface area contributed by atoms with Gasteiger partial charge in [0, 0.05) is 6.54 Å². The number of rotatable bonds is 6. The van der Waals surface area contributed by atoms with Crippen molar-refractivity contribution in [1.82, 2.24) is 5.32 Å². The molecule has 0 spiro atoms. The first-order chi connectivity index (χ1) is 8.17. The van der Waals surface area contributed by atoms with Gasteiger partial charge >= 0.3 is 0 Å². The van der Waals surface area contributed by atoms with E-state index in [9.17, 15) is 9.59 Å². The van der Waals surface area contributed by atoms with Gasteiger partial charge in [0.2, 0.25) is 6.29 Å². The van der Waals surface area contributed by atoms with Crippen molar-refractivity contribution < 1.29 is 14.3 Å². The van der Waals surface area contributed by atoms with Gasteiger partial charge in [-0.25, -0.2) is 0 Å². The van der Waals surface area contributed by atoms with Gasteiger partial charge in [0.05, 0.1) is 11.6 Å². The van der Waals surface area contributed by atoms with E-state index in [1.807, 2.05) is 13.0 Å². The Morgan fingerprint density at radius 2 is 2.29 bits per heavy atom. The molecular formula is C12H14ClNO3. The number of ether oxygens (including phenoxy) is 1. The predicted molar refractivity (Wildman–Crippen MR) is 65.4 cm³/mol. The highest BCUT2D eigenvalue weighted by Gasteiger charge is 2.03. The number of hydrogen-bond donors (Lipinski definition) is 1. The molecule has 0 saturated carbocycles. The molecule has 0 aromatic heterocycles. The van der Waals surface area contributed by atoms with Crippen molar-refractivity contribution in [2.45, 2.75) is 13.3 Å². The summed E-state index contributed by atoms with van der Waals surface area (Å²) in [6.45, 7) is 2.86. The van der Waals surface area contributed by atoms with Crippen molar-refractivity contribution in [2.24, 2.45) is 0 Å². The summed E-state index contributed by atoms with van der Waals surface area (Å²) < 4.78 is 5.30. The molecular weight excluding hydrogens is 242 g/mol. The standard InChI is InChI=1S/C12H14ClNO3/c1-2-17-11-4-3-9(7-10(11)13)5-6-14-12(16)8-15/h3-4,7-8H,2,5-6H2,1H3,(H,14,16). The van der Waals surface area contributed by atoms with Gasteiger partial charge in [0.25, 0.3) is 5.91 Å². The van der Waals surface area contributed by atoms with Crippen LogP contribution in [0.2, 0.25) is 5.02 Å². The van der Waals surface area contributed by atoms with Gasteiger partial charge in [0.1, 0.15) is 5.75 Å². The van der Waals surface area contributed by atoms with Crippen LogP contribution in [0.4, 0.5) is 0 Å². The molecule has 0 aliphatic heterocycles. The van der Waals surface area contributed by atoms with Gasteiger partial charge in [-0.05, 0) is 31.0 Å². The Morgan fingerprint density at radius 3 is 2.88 bits per heavy atom. The summed E-state index contributed by atoms with van der Waals surface area (Å²) in [6.07, 6.45) is 0.872. The molecule has 0 radical (unpaired) electrons. The lowest BCUT2D eigenvalue weighted by Crippen LogP contribution is -2.26. The molecule has 92 valence electrons. The third kappa shape index (κ3) is 4.44. The Kier molecular flexibility index (Phi) is 5.49. The molecule has 4 nitrogen and oxygen atoms in total. The van der Waals surface area contributed by atoms with Crippen molar-refractivity contribution in [2.75, 3.05) is 13.2 Å². The normalized spacial score (nSPS) is 9.76. The number of amides is 1. The molecule has 0 aliphatic rings. The van der Waals surface area contributed by atoms with Crippen LogP contribution in [-0.2, 0) is 16.0 Å². The summed E-state index contributed by atoms with van der Waals surface area (Å²) in [6, 6.07) is 5.46. The Hall–Kier alpha value is -1.55. The number of carbonyl (C=O) groups excluding carboxylic acids is 2. The zero-order valence-corrected chi connectivity index (χ0v) is 10.3. The zero-order chi connectivity index (χ0) is 12.7. The Bertz CT molecular complexity index is 407. The fourth-order valence-electron chi connectivity index (χ4n) is 1.34. The summed E-state index contributed by atoms with van der Waals surface area (Å²) in [5, 5.41) is 3.01. The van der Waals surface area contributed by atoms with Crippen molar-refractivity contribution in [3.8, 4) is 5.75 Å². The van der Waals surface area contributed by atoms with E-state index in [-0.39, 0.29) is 6.29 Å². The van der Waals surface area contributed by atoms with E-state index in [2.05, 4.69) is 5.32 Å². The Labute approximate surface area is 105 Å². The largest absolute Gasteiger partial charge is 0.492 e. The lowest BCUT2D eigenvalue weighted by Gasteiger charge is -2.07. The molecule has 1 aromatic rings. The number of benzene rings is 1. The molecule has 1 aromatic carbocycles. The van der Waals surface area contributed by atoms with Crippen LogP contribution < -0.4 is 10.1 Å². The minimum absolute atomic E-state index is 0.255. The van der Waals surface area contributed by atoms with Crippen LogP contribution in [0.5, 0.6) is 5.75 Å². The average molecular weight is 256 g/mol. The number of hydrogen-bond acceptors (Lipinski definition) is 3. The summed E-state index contributed by atoms with van der Waals surface area (Å²) in [5.41, 5.74) is 0.977. The van der Waals surface area contributed by atoms with Crippen molar-refractivity contribution in [3.63, 3.8) is 0 Å². The fraction of sp³-hybridized carbons (Fsp3) is 0.333. The second kappa shape index (κ2) is 6.91. The number of halogens is 1. The quantitative estimate of drug-likeness (QED) is 0.621. The van der Waals surface area contributed by atoms with E-state index in [1.165, 1.54) is 0 Å². The van der Waals surface area contributed by atoms with Crippen LogP contribution in [0.25, 0.3) is 0 Å².